The molecule has 0 heterocycles. The van der Waals surface area contributed by atoms with Crippen molar-refractivity contribution in [2.45, 2.75) is 12.8 Å². The van der Waals surface area contributed by atoms with Gasteiger partial charge in [0.1, 0.15) is 0 Å². The predicted molar refractivity (Wildman–Crippen MR) is 94.7 cm³/mol. The Morgan fingerprint density at radius 1 is 0.667 bits per heavy atom. The Morgan fingerprint density at radius 2 is 1.10 bits per heavy atom. The summed E-state index contributed by atoms with van der Waals surface area (Å²) >= 11 is 5.92. The van der Waals surface area contributed by atoms with Crippen molar-refractivity contribution >= 4 is 24.0 Å². The molecule has 0 spiro atoms. The first-order chi connectivity index (χ1) is 9.88. The van der Waals surface area contributed by atoms with Crippen LogP contribution in [0.15, 0.2) is 60.7 Å². The Morgan fingerprint density at radius 3 is 1.48 bits per heavy atom. The van der Waals surface area contributed by atoms with Crippen LogP contribution < -0.4 is 0 Å². The van der Waals surface area contributed by atoms with Gasteiger partial charge in [0, 0.05) is 25.5 Å². The average molecular weight is 324 g/mol. The molecular formula is C18H23Cl2N. The summed E-state index contributed by atoms with van der Waals surface area (Å²) in [4.78, 5) is 2.45. The van der Waals surface area contributed by atoms with Gasteiger partial charge in [0.15, 0.2) is 0 Å². The highest BCUT2D eigenvalue weighted by atomic mass is 35.5. The van der Waals surface area contributed by atoms with Crippen LogP contribution in [0.4, 0.5) is 0 Å². The van der Waals surface area contributed by atoms with Gasteiger partial charge in [0.2, 0.25) is 0 Å². The number of halogens is 2. The molecule has 21 heavy (non-hydrogen) atoms. The molecule has 2 aromatic carbocycles. The van der Waals surface area contributed by atoms with Crippen LogP contribution in [0, 0.1) is 0 Å². The van der Waals surface area contributed by atoms with Crippen LogP contribution in [-0.2, 0) is 12.8 Å². The minimum absolute atomic E-state index is 0. The Kier molecular flexibility index (Phi) is 9.16. The van der Waals surface area contributed by atoms with E-state index in [-0.39, 0.29) is 12.4 Å². The summed E-state index contributed by atoms with van der Waals surface area (Å²) < 4.78 is 0. The van der Waals surface area contributed by atoms with Crippen LogP contribution in [-0.4, -0.2) is 30.4 Å². The fraction of sp³-hybridized carbons (Fsp3) is 0.333. The largest absolute Gasteiger partial charge is 0.301 e. The molecule has 0 saturated carbocycles. The van der Waals surface area contributed by atoms with Gasteiger partial charge in [-0.3, -0.25) is 0 Å². The topological polar surface area (TPSA) is 3.24 Å². The first-order valence-corrected chi connectivity index (χ1v) is 7.78. The van der Waals surface area contributed by atoms with Gasteiger partial charge >= 0.3 is 0 Å². The lowest BCUT2D eigenvalue weighted by atomic mass is 10.1. The number of benzene rings is 2. The molecule has 0 aliphatic carbocycles. The second-order valence-electron chi connectivity index (χ2n) is 5.00. The van der Waals surface area contributed by atoms with Gasteiger partial charge in [-0.2, -0.15) is 0 Å². The molecule has 0 radical (unpaired) electrons. The highest BCUT2D eigenvalue weighted by molar-refractivity contribution is 6.18. The van der Waals surface area contributed by atoms with Crippen LogP contribution in [0.3, 0.4) is 0 Å². The standard InChI is InChI=1S/C18H22ClN.ClH/c19-13-16-20(14-11-17-7-3-1-4-8-17)15-12-18-9-5-2-6-10-18;/h1-10H,11-16H2;1H. The van der Waals surface area contributed by atoms with Crippen molar-refractivity contribution < 1.29 is 0 Å². The Hall–Kier alpha value is -1.02. The Labute approximate surface area is 139 Å². The normalized spacial score (nSPS) is 10.4. The molecule has 0 bridgehead atoms. The number of alkyl halides is 1. The van der Waals surface area contributed by atoms with Crippen molar-refractivity contribution in [1.82, 2.24) is 4.90 Å². The summed E-state index contributed by atoms with van der Waals surface area (Å²) in [5.74, 6) is 0.698. The summed E-state index contributed by atoms with van der Waals surface area (Å²) in [7, 11) is 0. The van der Waals surface area contributed by atoms with E-state index in [9.17, 15) is 0 Å². The maximum Gasteiger partial charge on any atom is 0.0351 e. The van der Waals surface area contributed by atoms with E-state index in [2.05, 4.69) is 65.6 Å². The van der Waals surface area contributed by atoms with Crippen molar-refractivity contribution in [3.05, 3.63) is 71.8 Å². The molecular weight excluding hydrogens is 301 g/mol. The summed E-state index contributed by atoms with van der Waals surface area (Å²) in [5.41, 5.74) is 2.79. The van der Waals surface area contributed by atoms with E-state index in [1.807, 2.05) is 0 Å². The molecule has 0 atom stereocenters. The zero-order chi connectivity index (χ0) is 14.0. The summed E-state index contributed by atoms with van der Waals surface area (Å²) in [6.45, 7) is 3.11. The molecule has 2 aromatic rings. The molecule has 0 aromatic heterocycles. The molecule has 0 unspecified atom stereocenters. The zero-order valence-corrected chi connectivity index (χ0v) is 13.8. The number of hydrogen-bond acceptors (Lipinski definition) is 1. The molecule has 0 aliphatic heterocycles. The van der Waals surface area contributed by atoms with E-state index >= 15 is 0 Å². The maximum atomic E-state index is 5.92. The molecule has 2 rings (SSSR count). The van der Waals surface area contributed by atoms with Crippen LogP contribution in [0.5, 0.6) is 0 Å². The van der Waals surface area contributed by atoms with Crippen molar-refractivity contribution in [2.75, 3.05) is 25.5 Å². The van der Waals surface area contributed by atoms with Crippen LogP contribution >= 0.6 is 24.0 Å². The zero-order valence-electron chi connectivity index (χ0n) is 12.2. The highest BCUT2D eigenvalue weighted by Crippen LogP contribution is 2.05. The number of rotatable bonds is 8. The quantitative estimate of drug-likeness (QED) is 0.649. The smallest absolute Gasteiger partial charge is 0.0351 e. The van der Waals surface area contributed by atoms with Crippen molar-refractivity contribution in [3.63, 3.8) is 0 Å². The second-order valence-corrected chi connectivity index (χ2v) is 5.38. The van der Waals surface area contributed by atoms with E-state index in [0.29, 0.717) is 5.88 Å². The Bertz CT molecular complexity index is 430. The summed E-state index contributed by atoms with van der Waals surface area (Å²) in [6, 6.07) is 21.3. The van der Waals surface area contributed by atoms with Gasteiger partial charge in [-0.15, -0.1) is 24.0 Å². The molecule has 1 nitrogen and oxygen atoms in total. The minimum Gasteiger partial charge on any atom is -0.301 e. The van der Waals surface area contributed by atoms with E-state index in [0.717, 1.165) is 32.5 Å². The average Bonchev–Trinajstić information content (AvgIpc) is 2.52. The molecule has 0 saturated heterocycles. The SMILES string of the molecule is Cl.ClCCN(CCc1ccccc1)CCc1ccccc1. The fourth-order valence-corrected chi connectivity index (χ4v) is 2.56. The van der Waals surface area contributed by atoms with Gasteiger partial charge in [0.05, 0.1) is 0 Å². The maximum absolute atomic E-state index is 5.92. The molecule has 0 aliphatic rings. The van der Waals surface area contributed by atoms with E-state index < -0.39 is 0 Å². The third-order valence-electron chi connectivity index (χ3n) is 3.52. The number of hydrogen-bond donors (Lipinski definition) is 0. The Balaban J connectivity index is 0.00000220. The first kappa shape index (κ1) is 18.0. The van der Waals surface area contributed by atoms with Gasteiger partial charge in [-0.1, -0.05) is 60.7 Å². The summed E-state index contributed by atoms with van der Waals surface area (Å²) in [5, 5.41) is 0. The van der Waals surface area contributed by atoms with E-state index in [4.69, 9.17) is 11.6 Å². The highest BCUT2D eigenvalue weighted by Gasteiger charge is 2.05. The lowest BCUT2D eigenvalue weighted by Crippen LogP contribution is -2.30. The van der Waals surface area contributed by atoms with Gasteiger partial charge < -0.3 is 4.90 Å². The van der Waals surface area contributed by atoms with Crippen LogP contribution in [0.25, 0.3) is 0 Å². The lowest BCUT2D eigenvalue weighted by molar-refractivity contribution is 0.297. The lowest BCUT2D eigenvalue weighted by Gasteiger charge is -2.21. The fourth-order valence-electron chi connectivity index (χ4n) is 2.32. The predicted octanol–water partition coefficient (Wildman–Crippen LogP) is 4.43. The molecule has 0 N–H and O–H groups in total. The van der Waals surface area contributed by atoms with Gasteiger partial charge in [0.25, 0.3) is 0 Å². The molecule has 0 fully saturated rings. The summed E-state index contributed by atoms with van der Waals surface area (Å²) in [6.07, 6.45) is 2.18. The second kappa shape index (κ2) is 10.7. The third kappa shape index (κ3) is 6.99. The molecule has 114 valence electrons. The first-order valence-electron chi connectivity index (χ1n) is 7.24. The molecule has 3 heteroatoms. The van der Waals surface area contributed by atoms with Crippen LogP contribution in [0.2, 0.25) is 0 Å². The van der Waals surface area contributed by atoms with E-state index in [1.54, 1.807) is 0 Å². The number of nitrogens with zero attached hydrogens (tertiary/aromatic N) is 1. The third-order valence-corrected chi connectivity index (χ3v) is 3.69. The molecule has 0 amide bonds. The van der Waals surface area contributed by atoms with Gasteiger partial charge in [-0.05, 0) is 24.0 Å². The monoisotopic (exact) mass is 323 g/mol. The van der Waals surface area contributed by atoms with E-state index in [1.165, 1.54) is 11.1 Å². The van der Waals surface area contributed by atoms with Gasteiger partial charge in [-0.25, -0.2) is 0 Å². The van der Waals surface area contributed by atoms with Crippen molar-refractivity contribution in [1.29, 1.82) is 0 Å². The van der Waals surface area contributed by atoms with Crippen molar-refractivity contribution in [3.8, 4) is 0 Å². The minimum atomic E-state index is 0. The van der Waals surface area contributed by atoms with Crippen molar-refractivity contribution in [2.24, 2.45) is 0 Å². The van der Waals surface area contributed by atoms with Crippen LogP contribution in [0.1, 0.15) is 11.1 Å².